The highest BCUT2D eigenvalue weighted by Crippen LogP contribution is 2.11. The summed E-state index contributed by atoms with van der Waals surface area (Å²) in [7, 11) is 0. The van der Waals surface area contributed by atoms with Crippen molar-refractivity contribution in [3.8, 4) is 0 Å². The van der Waals surface area contributed by atoms with Gasteiger partial charge in [-0.15, -0.1) is 0 Å². The third kappa shape index (κ3) is 4.40. The predicted molar refractivity (Wildman–Crippen MR) is 79.5 cm³/mol. The summed E-state index contributed by atoms with van der Waals surface area (Å²) in [5.41, 5.74) is 0. The minimum atomic E-state index is -0.495. The number of thioether (sulfide) groups is 1. The van der Waals surface area contributed by atoms with Gasteiger partial charge < -0.3 is 10.6 Å². The van der Waals surface area contributed by atoms with Crippen LogP contribution in [0.5, 0.6) is 0 Å². The molecule has 0 aromatic heterocycles. The summed E-state index contributed by atoms with van der Waals surface area (Å²) < 4.78 is 0. The fraction of sp³-hybridized carbons (Fsp3) is 0.769. The lowest BCUT2D eigenvalue weighted by Crippen LogP contribution is -2.45. The van der Waals surface area contributed by atoms with Gasteiger partial charge in [0, 0.05) is 6.04 Å². The van der Waals surface area contributed by atoms with Crippen molar-refractivity contribution in [1.29, 1.82) is 0 Å². The van der Waals surface area contributed by atoms with E-state index in [1.165, 1.54) is 0 Å². The van der Waals surface area contributed by atoms with Crippen molar-refractivity contribution in [1.82, 2.24) is 15.5 Å². The van der Waals surface area contributed by atoms with Gasteiger partial charge in [-0.05, 0) is 31.3 Å². The smallest absolute Gasteiger partial charge is 0.325 e. The summed E-state index contributed by atoms with van der Waals surface area (Å²) >= 11 is 1.62. The average Bonchev–Trinajstić information content (AvgIpc) is 2.63. The molecule has 0 aromatic rings. The number of urea groups is 1. The second-order valence-corrected chi connectivity index (χ2v) is 6.29. The highest BCUT2D eigenvalue weighted by atomic mass is 32.2. The Morgan fingerprint density at radius 1 is 1.40 bits per heavy atom. The van der Waals surface area contributed by atoms with E-state index in [9.17, 15) is 14.4 Å². The van der Waals surface area contributed by atoms with E-state index >= 15 is 0 Å². The van der Waals surface area contributed by atoms with E-state index < -0.39 is 12.1 Å². The average molecular weight is 301 g/mol. The monoisotopic (exact) mass is 301 g/mol. The molecular weight excluding hydrogens is 278 g/mol. The maximum Gasteiger partial charge on any atom is 0.325 e. The molecule has 0 aromatic carbocycles. The van der Waals surface area contributed by atoms with Crippen molar-refractivity contribution in [2.24, 2.45) is 5.92 Å². The standard InChI is InChI=1S/C13H23N3O3S/c1-8(2)9(3)14-11(17)7-16-12(18)10(5-6-20-4)15-13(16)19/h8-10H,5-7H2,1-4H3,(H,14,17)(H,15,19). The normalized spacial score (nSPS) is 20.2. The van der Waals surface area contributed by atoms with Crippen LogP contribution in [0.15, 0.2) is 0 Å². The van der Waals surface area contributed by atoms with E-state index in [0.717, 1.165) is 10.7 Å². The minimum absolute atomic E-state index is 0.00977. The topological polar surface area (TPSA) is 78.5 Å². The zero-order valence-corrected chi connectivity index (χ0v) is 13.3. The Balaban J connectivity index is 2.53. The highest BCUT2D eigenvalue weighted by molar-refractivity contribution is 7.98. The summed E-state index contributed by atoms with van der Waals surface area (Å²) in [5.74, 6) is 0.481. The number of hydrogen-bond donors (Lipinski definition) is 2. The highest BCUT2D eigenvalue weighted by Gasteiger charge is 2.38. The van der Waals surface area contributed by atoms with Crippen LogP contribution in [0.2, 0.25) is 0 Å². The number of imide groups is 1. The summed E-state index contributed by atoms with van der Waals surface area (Å²) in [5, 5.41) is 5.40. The first-order chi connectivity index (χ1) is 9.36. The zero-order valence-electron chi connectivity index (χ0n) is 12.4. The molecule has 0 saturated carbocycles. The first kappa shape index (κ1) is 16.8. The molecule has 7 heteroatoms. The van der Waals surface area contributed by atoms with Gasteiger partial charge in [-0.3, -0.25) is 14.5 Å². The largest absolute Gasteiger partial charge is 0.352 e. The molecule has 1 saturated heterocycles. The Morgan fingerprint density at radius 3 is 2.60 bits per heavy atom. The molecule has 1 aliphatic heterocycles. The first-order valence-corrected chi connectivity index (χ1v) is 8.16. The van der Waals surface area contributed by atoms with E-state index in [4.69, 9.17) is 0 Å². The number of nitrogens with zero attached hydrogens (tertiary/aromatic N) is 1. The molecule has 6 nitrogen and oxygen atoms in total. The summed E-state index contributed by atoms with van der Waals surface area (Å²) in [6, 6.07) is -0.964. The number of hydrogen-bond acceptors (Lipinski definition) is 4. The van der Waals surface area contributed by atoms with Gasteiger partial charge in [-0.2, -0.15) is 11.8 Å². The second kappa shape index (κ2) is 7.52. The Hall–Kier alpha value is -1.24. The fourth-order valence-corrected chi connectivity index (χ4v) is 2.24. The number of nitrogens with one attached hydrogen (secondary N) is 2. The summed E-state index contributed by atoms with van der Waals surface area (Å²) in [6.45, 7) is 5.68. The van der Waals surface area contributed by atoms with Gasteiger partial charge in [-0.25, -0.2) is 4.79 Å². The van der Waals surface area contributed by atoms with Crippen LogP contribution in [0.3, 0.4) is 0 Å². The number of amides is 4. The molecule has 1 heterocycles. The van der Waals surface area contributed by atoms with E-state index in [1.54, 1.807) is 11.8 Å². The van der Waals surface area contributed by atoms with Crippen LogP contribution in [-0.2, 0) is 9.59 Å². The van der Waals surface area contributed by atoms with Gasteiger partial charge in [-0.1, -0.05) is 13.8 Å². The quantitative estimate of drug-likeness (QED) is 0.682. The van der Waals surface area contributed by atoms with Crippen molar-refractivity contribution in [3.63, 3.8) is 0 Å². The molecule has 1 rings (SSSR count). The number of carbonyl (C=O) groups is 3. The van der Waals surface area contributed by atoms with E-state index in [1.807, 2.05) is 27.0 Å². The maximum atomic E-state index is 12.0. The van der Waals surface area contributed by atoms with Gasteiger partial charge in [0.15, 0.2) is 0 Å². The van der Waals surface area contributed by atoms with Crippen molar-refractivity contribution in [3.05, 3.63) is 0 Å². The second-order valence-electron chi connectivity index (χ2n) is 5.31. The van der Waals surface area contributed by atoms with Crippen LogP contribution in [0, 0.1) is 5.92 Å². The summed E-state index contributed by atoms with van der Waals surface area (Å²) in [6.07, 6.45) is 2.53. The number of rotatable bonds is 7. The SMILES string of the molecule is CSCCC1NC(=O)N(CC(=O)NC(C)C(C)C)C1=O. The Kier molecular flexibility index (Phi) is 6.32. The van der Waals surface area contributed by atoms with Crippen LogP contribution in [0.4, 0.5) is 4.79 Å². The molecule has 114 valence electrons. The molecule has 20 heavy (non-hydrogen) atoms. The third-order valence-corrected chi connectivity index (χ3v) is 4.05. The Labute approximate surface area is 124 Å². The van der Waals surface area contributed by atoms with Crippen molar-refractivity contribution in [2.45, 2.75) is 39.3 Å². The van der Waals surface area contributed by atoms with Gasteiger partial charge in [0.25, 0.3) is 5.91 Å². The van der Waals surface area contributed by atoms with Crippen molar-refractivity contribution in [2.75, 3.05) is 18.6 Å². The molecule has 2 unspecified atom stereocenters. The summed E-state index contributed by atoms with van der Waals surface area (Å²) in [4.78, 5) is 36.6. The van der Waals surface area contributed by atoms with Crippen molar-refractivity contribution >= 4 is 29.6 Å². The van der Waals surface area contributed by atoms with Gasteiger partial charge >= 0.3 is 6.03 Å². The van der Waals surface area contributed by atoms with Gasteiger partial charge in [0.2, 0.25) is 5.91 Å². The molecule has 4 amide bonds. The molecule has 0 radical (unpaired) electrons. The predicted octanol–water partition coefficient (Wildman–Crippen LogP) is 0.821. The lowest BCUT2D eigenvalue weighted by Gasteiger charge is -2.19. The zero-order chi connectivity index (χ0) is 15.3. The fourth-order valence-electron chi connectivity index (χ4n) is 1.77. The Bertz CT molecular complexity index is 387. The van der Waals surface area contributed by atoms with Crippen LogP contribution in [0.1, 0.15) is 27.2 Å². The van der Waals surface area contributed by atoms with Crippen LogP contribution < -0.4 is 10.6 Å². The number of carbonyl (C=O) groups excluding carboxylic acids is 3. The van der Waals surface area contributed by atoms with Crippen LogP contribution in [0.25, 0.3) is 0 Å². The molecule has 0 bridgehead atoms. The van der Waals surface area contributed by atoms with Crippen LogP contribution in [-0.4, -0.2) is 53.4 Å². The molecule has 1 fully saturated rings. The molecule has 0 spiro atoms. The lowest BCUT2D eigenvalue weighted by molar-refractivity contribution is -0.132. The van der Waals surface area contributed by atoms with Crippen molar-refractivity contribution < 1.29 is 14.4 Å². The van der Waals surface area contributed by atoms with Crippen LogP contribution >= 0.6 is 11.8 Å². The first-order valence-electron chi connectivity index (χ1n) is 6.77. The lowest BCUT2D eigenvalue weighted by atomic mass is 10.1. The minimum Gasteiger partial charge on any atom is -0.352 e. The third-order valence-electron chi connectivity index (χ3n) is 3.41. The van der Waals surface area contributed by atoms with Gasteiger partial charge in [0.1, 0.15) is 12.6 Å². The molecular formula is C13H23N3O3S. The maximum absolute atomic E-state index is 12.0. The van der Waals surface area contributed by atoms with E-state index in [0.29, 0.717) is 12.3 Å². The molecule has 1 aliphatic rings. The molecule has 0 aliphatic carbocycles. The molecule has 2 atom stereocenters. The molecule has 2 N–H and O–H groups in total. The Morgan fingerprint density at radius 2 is 2.05 bits per heavy atom. The van der Waals surface area contributed by atoms with E-state index in [-0.39, 0.29) is 24.4 Å². The van der Waals surface area contributed by atoms with E-state index in [2.05, 4.69) is 10.6 Å². The van der Waals surface area contributed by atoms with Gasteiger partial charge in [0.05, 0.1) is 0 Å².